The van der Waals surface area contributed by atoms with Crippen molar-refractivity contribution >= 4 is 11.9 Å². The Labute approximate surface area is 150 Å². The van der Waals surface area contributed by atoms with Gasteiger partial charge in [-0.3, -0.25) is 4.79 Å². The Morgan fingerprint density at radius 1 is 1.08 bits per heavy atom. The van der Waals surface area contributed by atoms with Crippen LogP contribution in [0.5, 0.6) is 5.75 Å². The topological polar surface area (TPSA) is 64.6 Å². The van der Waals surface area contributed by atoms with Crippen molar-refractivity contribution in [3.05, 3.63) is 29.8 Å². The average molecular weight is 347 g/mol. The molecule has 0 heterocycles. The van der Waals surface area contributed by atoms with Crippen molar-refractivity contribution < 1.29 is 19.1 Å². The van der Waals surface area contributed by atoms with Crippen molar-refractivity contribution in [2.75, 3.05) is 0 Å². The first-order valence-corrected chi connectivity index (χ1v) is 9.20. The lowest BCUT2D eigenvalue weighted by Gasteiger charge is -2.21. The maximum atomic E-state index is 12.3. The third-order valence-corrected chi connectivity index (χ3v) is 4.50. The van der Waals surface area contributed by atoms with Gasteiger partial charge in [0.2, 0.25) is 0 Å². The van der Waals surface area contributed by atoms with Gasteiger partial charge in [0.05, 0.1) is 0 Å². The maximum Gasteiger partial charge on any atom is 0.347 e. The van der Waals surface area contributed by atoms with E-state index < -0.39 is 18.2 Å². The van der Waals surface area contributed by atoms with Gasteiger partial charge in [-0.2, -0.15) is 0 Å². The quantitative estimate of drug-likeness (QED) is 0.631. The second kappa shape index (κ2) is 9.44. The van der Waals surface area contributed by atoms with Gasteiger partial charge in [-0.05, 0) is 51.3 Å². The molecule has 1 aromatic carbocycles. The van der Waals surface area contributed by atoms with Crippen molar-refractivity contribution in [3.63, 3.8) is 0 Å². The average Bonchev–Trinajstić information content (AvgIpc) is 2.83. The van der Waals surface area contributed by atoms with Crippen LogP contribution in [0.2, 0.25) is 0 Å². The number of amides is 1. The predicted molar refractivity (Wildman–Crippen MR) is 96.5 cm³/mol. The Kier molecular flexibility index (Phi) is 7.29. The van der Waals surface area contributed by atoms with Crippen LogP contribution in [0, 0.1) is 6.92 Å². The summed E-state index contributed by atoms with van der Waals surface area (Å²) in [5, 5.41) is 3.00. The fraction of sp³-hybridized carbons (Fsp3) is 0.600. The van der Waals surface area contributed by atoms with Crippen LogP contribution in [0.1, 0.15) is 57.9 Å². The van der Waals surface area contributed by atoms with Crippen molar-refractivity contribution in [2.45, 2.75) is 77.5 Å². The summed E-state index contributed by atoms with van der Waals surface area (Å²) in [4.78, 5) is 24.4. The fourth-order valence-corrected chi connectivity index (χ4v) is 3.01. The van der Waals surface area contributed by atoms with E-state index in [4.69, 9.17) is 9.47 Å². The summed E-state index contributed by atoms with van der Waals surface area (Å²) in [5.74, 6) is -0.159. The summed E-state index contributed by atoms with van der Waals surface area (Å²) in [5.41, 5.74) is 1.05. The molecule has 0 aromatic heterocycles. The number of rotatable bonds is 6. The van der Waals surface area contributed by atoms with Gasteiger partial charge in [-0.1, -0.05) is 37.8 Å². The molecule has 0 spiro atoms. The van der Waals surface area contributed by atoms with E-state index in [2.05, 4.69) is 5.32 Å². The molecule has 1 saturated carbocycles. The van der Waals surface area contributed by atoms with E-state index >= 15 is 0 Å². The molecule has 0 saturated heterocycles. The molecular formula is C20H29NO4. The molecule has 25 heavy (non-hydrogen) atoms. The first-order valence-electron chi connectivity index (χ1n) is 9.20. The largest absolute Gasteiger partial charge is 0.479 e. The third kappa shape index (κ3) is 6.40. The lowest BCUT2D eigenvalue weighted by Crippen LogP contribution is -2.43. The number of hydrogen-bond acceptors (Lipinski definition) is 4. The number of esters is 1. The highest BCUT2D eigenvalue weighted by molar-refractivity contribution is 5.84. The highest BCUT2D eigenvalue weighted by Gasteiger charge is 2.25. The Bertz CT molecular complexity index is 579. The SMILES string of the molecule is Cc1cccc(O[C@H](C)C(=O)O[C@@H](C)C(=O)NC2CCCCCC2)c1. The summed E-state index contributed by atoms with van der Waals surface area (Å²) < 4.78 is 10.9. The normalized spacial score (nSPS) is 17.9. The van der Waals surface area contributed by atoms with Crippen LogP contribution in [-0.4, -0.2) is 30.1 Å². The van der Waals surface area contributed by atoms with Gasteiger partial charge in [-0.15, -0.1) is 0 Å². The van der Waals surface area contributed by atoms with Crippen LogP contribution >= 0.6 is 0 Å². The van der Waals surface area contributed by atoms with Gasteiger partial charge < -0.3 is 14.8 Å². The van der Waals surface area contributed by atoms with Crippen LogP contribution in [0.25, 0.3) is 0 Å². The minimum Gasteiger partial charge on any atom is -0.479 e. The van der Waals surface area contributed by atoms with E-state index in [1.54, 1.807) is 19.9 Å². The molecular weight excluding hydrogens is 318 g/mol. The van der Waals surface area contributed by atoms with Gasteiger partial charge in [0.15, 0.2) is 12.2 Å². The van der Waals surface area contributed by atoms with Crippen LogP contribution in [-0.2, 0) is 14.3 Å². The number of carbonyl (C=O) groups excluding carboxylic acids is 2. The molecule has 0 radical (unpaired) electrons. The number of ether oxygens (including phenoxy) is 2. The molecule has 1 aliphatic carbocycles. The van der Waals surface area contributed by atoms with Crippen LogP contribution in [0.15, 0.2) is 24.3 Å². The van der Waals surface area contributed by atoms with E-state index in [0.717, 1.165) is 31.2 Å². The van der Waals surface area contributed by atoms with E-state index in [-0.39, 0.29) is 11.9 Å². The van der Waals surface area contributed by atoms with Gasteiger partial charge in [0, 0.05) is 6.04 Å². The predicted octanol–water partition coefficient (Wildman–Crippen LogP) is 3.53. The standard InChI is InChI=1S/C20H29NO4/c1-14-9-8-12-18(13-14)24-16(3)20(23)25-15(2)19(22)21-17-10-6-4-5-7-11-17/h8-9,12-13,15-17H,4-7,10-11H2,1-3H3,(H,21,22)/t15-,16+/m0/s1. The zero-order chi connectivity index (χ0) is 18.2. The number of aryl methyl sites for hydroxylation is 1. The number of carbonyl (C=O) groups is 2. The third-order valence-electron chi connectivity index (χ3n) is 4.50. The van der Waals surface area contributed by atoms with E-state index in [1.807, 2.05) is 25.1 Å². The molecule has 2 rings (SSSR count). The van der Waals surface area contributed by atoms with Crippen molar-refractivity contribution in [1.29, 1.82) is 0 Å². The minimum absolute atomic E-state index is 0.192. The van der Waals surface area contributed by atoms with Crippen LogP contribution in [0.4, 0.5) is 0 Å². The molecule has 0 bridgehead atoms. The lowest BCUT2D eigenvalue weighted by atomic mass is 10.1. The summed E-state index contributed by atoms with van der Waals surface area (Å²) >= 11 is 0. The smallest absolute Gasteiger partial charge is 0.347 e. The van der Waals surface area contributed by atoms with E-state index in [9.17, 15) is 9.59 Å². The molecule has 0 aliphatic heterocycles. The second-order valence-electron chi connectivity index (χ2n) is 6.85. The fourth-order valence-electron chi connectivity index (χ4n) is 3.01. The van der Waals surface area contributed by atoms with Gasteiger partial charge >= 0.3 is 5.97 Å². The monoisotopic (exact) mass is 347 g/mol. The van der Waals surface area contributed by atoms with Gasteiger partial charge in [-0.25, -0.2) is 4.79 Å². The first-order chi connectivity index (χ1) is 12.0. The number of hydrogen-bond donors (Lipinski definition) is 1. The van der Waals surface area contributed by atoms with Crippen molar-refractivity contribution in [3.8, 4) is 5.75 Å². The van der Waals surface area contributed by atoms with E-state index in [0.29, 0.717) is 5.75 Å². The summed E-state index contributed by atoms with van der Waals surface area (Å²) in [6.45, 7) is 5.18. The maximum absolute atomic E-state index is 12.3. The first kappa shape index (κ1) is 19.3. The highest BCUT2D eigenvalue weighted by atomic mass is 16.6. The Morgan fingerprint density at radius 2 is 1.76 bits per heavy atom. The van der Waals surface area contributed by atoms with Crippen LogP contribution < -0.4 is 10.1 Å². The molecule has 2 atom stereocenters. The summed E-state index contributed by atoms with van der Waals surface area (Å²) in [6.07, 6.45) is 5.14. The Hall–Kier alpha value is -2.04. The van der Waals surface area contributed by atoms with Crippen molar-refractivity contribution in [1.82, 2.24) is 5.32 Å². The molecule has 1 amide bonds. The highest BCUT2D eigenvalue weighted by Crippen LogP contribution is 2.18. The Balaban J connectivity index is 1.80. The Morgan fingerprint density at radius 3 is 2.40 bits per heavy atom. The molecule has 1 N–H and O–H groups in total. The van der Waals surface area contributed by atoms with Crippen molar-refractivity contribution in [2.24, 2.45) is 0 Å². The summed E-state index contributed by atoms with van der Waals surface area (Å²) in [7, 11) is 0. The molecule has 1 aromatic rings. The second-order valence-corrected chi connectivity index (χ2v) is 6.85. The molecule has 1 aliphatic rings. The molecule has 5 nitrogen and oxygen atoms in total. The number of benzene rings is 1. The zero-order valence-corrected chi connectivity index (χ0v) is 15.4. The molecule has 5 heteroatoms. The minimum atomic E-state index is -0.820. The van der Waals surface area contributed by atoms with E-state index in [1.165, 1.54) is 12.8 Å². The van der Waals surface area contributed by atoms with Gasteiger partial charge in [0.1, 0.15) is 5.75 Å². The molecule has 138 valence electrons. The zero-order valence-electron chi connectivity index (χ0n) is 15.4. The van der Waals surface area contributed by atoms with Gasteiger partial charge in [0.25, 0.3) is 5.91 Å². The molecule has 1 fully saturated rings. The molecule has 0 unspecified atom stereocenters. The van der Waals surface area contributed by atoms with Crippen LogP contribution in [0.3, 0.4) is 0 Å². The lowest BCUT2D eigenvalue weighted by molar-refractivity contribution is -0.161. The summed E-state index contributed by atoms with van der Waals surface area (Å²) in [6, 6.07) is 7.66. The number of nitrogens with one attached hydrogen (secondary N) is 1.